The molecule has 1 aliphatic rings. The molecule has 1 aromatic carbocycles. The van der Waals surface area contributed by atoms with Crippen LogP contribution in [0.5, 0.6) is 5.75 Å². The van der Waals surface area contributed by atoms with Crippen LogP contribution in [0.2, 0.25) is 0 Å². The van der Waals surface area contributed by atoms with Gasteiger partial charge in [0.1, 0.15) is 18.0 Å². The van der Waals surface area contributed by atoms with Gasteiger partial charge in [0.05, 0.1) is 16.8 Å². The second-order valence-electron chi connectivity index (χ2n) is 5.82. The van der Waals surface area contributed by atoms with Crippen molar-refractivity contribution < 1.29 is 18.3 Å². The predicted octanol–water partition coefficient (Wildman–Crippen LogP) is 4.50. The largest absolute Gasteiger partial charge is 0.494 e. The maximum absolute atomic E-state index is 13.1. The summed E-state index contributed by atoms with van der Waals surface area (Å²) < 4.78 is 33.2. The van der Waals surface area contributed by atoms with E-state index in [0.29, 0.717) is 28.2 Å². The van der Waals surface area contributed by atoms with Gasteiger partial charge in [0, 0.05) is 11.6 Å². The molecule has 1 fully saturated rings. The van der Waals surface area contributed by atoms with Crippen LogP contribution in [0.4, 0.5) is 14.5 Å². The molecule has 0 radical (unpaired) electrons. The number of hydrogen-bond acceptors (Lipinski definition) is 3. The van der Waals surface area contributed by atoms with Gasteiger partial charge < -0.3 is 10.1 Å². The normalized spacial score (nSPS) is 14.0. The molecule has 25 heavy (non-hydrogen) atoms. The summed E-state index contributed by atoms with van der Waals surface area (Å²) in [5.74, 6) is 0.587. The minimum Gasteiger partial charge on any atom is -0.494 e. The summed E-state index contributed by atoms with van der Waals surface area (Å²) in [4.78, 5) is 12.3. The van der Waals surface area contributed by atoms with Crippen molar-refractivity contribution in [2.75, 3.05) is 11.9 Å². The second-order valence-corrected chi connectivity index (χ2v) is 6.62. The van der Waals surface area contributed by atoms with Crippen molar-refractivity contribution in [3.63, 3.8) is 0 Å². The van der Waals surface area contributed by atoms with Gasteiger partial charge in [-0.15, -0.1) is 0 Å². The van der Waals surface area contributed by atoms with E-state index >= 15 is 0 Å². The minimum atomic E-state index is -2.68. The van der Waals surface area contributed by atoms with Gasteiger partial charge in [-0.2, -0.15) is 5.10 Å². The van der Waals surface area contributed by atoms with E-state index in [1.807, 2.05) is 6.92 Å². The Labute approximate surface area is 152 Å². The van der Waals surface area contributed by atoms with Crippen molar-refractivity contribution in [2.24, 2.45) is 0 Å². The molecule has 0 atom stereocenters. The average molecular weight is 414 g/mol. The molecule has 8 heteroatoms. The van der Waals surface area contributed by atoms with Crippen LogP contribution in [0.25, 0.3) is 0 Å². The average Bonchev–Trinajstić information content (AvgIpc) is 3.34. The molecule has 5 nitrogen and oxygen atoms in total. The molecule has 1 saturated carbocycles. The molecule has 134 valence electrons. The first kappa shape index (κ1) is 17.8. The molecule has 3 rings (SSSR count). The lowest BCUT2D eigenvalue weighted by Gasteiger charge is -2.09. The monoisotopic (exact) mass is 413 g/mol. The molecule has 0 unspecified atom stereocenters. The van der Waals surface area contributed by atoms with Crippen LogP contribution in [0.1, 0.15) is 43.5 Å². The number of carbonyl (C=O) groups is 1. The number of halogens is 3. The van der Waals surface area contributed by atoms with Crippen LogP contribution in [0, 0.1) is 0 Å². The highest BCUT2D eigenvalue weighted by Crippen LogP contribution is 2.45. The van der Waals surface area contributed by atoms with Crippen molar-refractivity contribution in [2.45, 2.75) is 38.7 Å². The number of ether oxygens (including phenoxy) is 1. The van der Waals surface area contributed by atoms with Crippen molar-refractivity contribution in [3.05, 3.63) is 40.1 Å². The molecule has 1 aliphatic carbocycles. The quantitative estimate of drug-likeness (QED) is 0.726. The van der Waals surface area contributed by atoms with Gasteiger partial charge in [-0.25, -0.2) is 8.78 Å². The maximum atomic E-state index is 13.1. The van der Waals surface area contributed by atoms with E-state index in [1.165, 1.54) is 4.68 Å². The van der Waals surface area contributed by atoms with Gasteiger partial charge in [-0.05, 0) is 60.0 Å². The summed E-state index contributed by atoms with van der Waals surface area (Å²) in [6, 6.07) is 6.98. The van der Waals surface area contributed by atoms with E-state index in [9.17, 15) is 13.6 Å². The van der Waals surface area contributed by atoms with E-state index in [0.717, 1.165) is 12.8 Å². The lowest BCUT2D eigenvalue weighted by atomic mass is 10.2. The smallest absolute Gasteiger partial charge is 0.283 e. The van der Waals surface area contributed by atoms with Crippen molar-refractivity contribution >= 4 is 27.5 Å². The number of aromatic nitrogens is 2. The number of amides is 1. The Balaban J connectivity index is 1.71. The summed E-state index contributed by atoms with van der Waals surface area (Å²) in [6.45, 7) is 2.35. The molecule has 1 heterocycles. The lowest BCUT2D eigenvalue weighted by Crippen LogP contribution is -2.21. The number of benzene rings is 1. The number of nitrogens with one attached hydrogen (secondary N) is 1. The first-order valence-corrected chi connectivity index (χ1v) is 8.85. The zero-order valence-electron chi connectivity index (χ0n) is 13.6. The summed E-state index contributed by atoms with van der Waals surface area (Å²) in [7, 11) is 0. The standard InChI is InChI=1S/C17H18BrF2N3O2/c1-2-25-12-7-5-11(6-8-12)21-13(24)9-23-16(10-3-4-10)14(18)15(22-23)17(19)20/h5-8,10,17H,2-4,9H2,1H3,(H,21,24). The first-order chi connectivity index (χ1) is 12.0. The molecule has 0 saturated heterocycles. The number of anilines is 1. The Bertz CT molecular complexity index is 758. The highest BCUT2D eigenvalue weighted by Gasteiger charge is 2.34. The van der Waals surface area contributed by atoms with Crippen molar-refractivity contribution in [3.8, 4) is 5.75 Å². The fourth-order valence-corrected chi connectivity index (χ4v) is 3.40. The lowest BCUT2D eigenvalue weighted by molar-refractivity contribution is -0.117. The number of alkyl halides is 2. The Hall–Kier alpha value is -1.96. The fraction of sp³-hybridized carbons (Fsp3) is 0.412. The SMILES string of the molecule is CCOc1ccc(NC(=O)Cn2nc(C(F)F)c(Br)c2C2CC2)cc1. The summed E-state index contributed by atoms with van der Waals surface area (Å²) in [6.07, 6.45) is -0.830. The maximum Gasteiger partial charge on any atom is 0.283 e. The molecule has 0 aliphatic heterocycles. The van der Waals surface area contributed by atoms with Crippen LogP contribution in [-0.2, 0) is 11.3 Å². The van der Waals surface area contributed by atoms with Crippen LogP contribution in [-0.4, -0.2) is 22.3 Å². The highest BCUT2D eigenvalue weighted by atomic mass is 79.9. The Morgan fingerprint density at radius 2 is 2.08 bits per heavy atom. The zero-order chi connectivity index (χ0) is 18.0. The van der Waals surface area contributed by atoms with Gasteiger partial charge in [-0.3, -0.25) is 9.48 Å². The Morgan fingerprint density at radius 1 is 1.40 bits per heavy atom. The third-order valence-electron chi connectivity index (χ3n) is 3.87. The minimum absolute atomic E-state index is 0.107. The van der Waals surface area contributed by atoms with Crippen LogP contribution in [0.3, 0.4) is 0 Å². The highest BCUT2D eigenvalue weighted by molar-refractivity contribution is 9.10. The van der Waals surface area contributed by atoms with Gasteiger partial charge in [0.25, 0.3) is 6.43 Å². The van der Waals surface area contributed by atoms with Gasteiger partial charge in [0.15, 0.2) is 0 Å². The van der Waals surface area contributed by atoms with E-state index in [-0.39, 0.29) is 24.1 Å². The third kappa shape index (κ3) is 4.18. The summed E-state index contributed by atoms with van der Waals surface area (Å²) >= 11 is 3.21. The number of rotatable bonds is 7. The number of carbonyl (C=O) groups excluding carboxylic acids is 1. The summed E-state index contributed by atoms with van der Waals surface area (Å²) in [5, 5.41) is 6.68. The van der Waals surface area contributed by atoms with Crippen molar-refractivity contribution in [1.29, 1.82) is 0 Å². The van der Waals surface area contributed by atoms with E-state index < -0.39 is 6.43 Å². The van der Waals surface area contributed by atoms with Crippen LogP contribution >= 0.6 is 15.9 Å². The molecule has 1 N–H and O–H groups in total. The van der Waals surface area contributed by atoms with Gasteiger partial charge in [0.2, 0.25) is 5.91 Å². The number of hydrogen-bond donors (Lipinski definition) is 1. The zero-order valence-corrected chi connectivity index (χ0v) is 15.2. The Morgan fingerprint density at radius 3 is 2.64 bits per heavy atom. The summed E-state index contributed by atoms with van der Waals surface area (Å²) in [5.41, 5.74) is 0.981. The van der Waals surface area contributed by atoms with Crippen LogP contribution in [0.15, 0.2) is 28.7 Å². The first-order valence-electron chi connectivity index (χ1n) is 8.06. The van der Waals surface area contributed by atoms with Crippen molar-refractivity contribution in [1.82, 2.24) is 9.78 Å². The number of nitrogens with zero attached hydrogens (tertiary/aromatic N) is 2. The third-order valence-corrected chi connectivity index (χ3v) is 4.68. The van der Waals surface area contributed by atoms with Gasteiger partial charge >= 0.3 is 0 Å². The predicted molar refractivity (Wildman–Crippen MR) is 93.1 cm³/mol. The van der Waals surface area contributed by atoms with E-state index in [1.54, 1.807) is 24.3 Å². The molecule has 1 amide bonds. The topological polar surface area (TPSA) is 56.1 Å². The van der Waals surface area contributed by atoms with Gasteiger partial charge in [-0.1, -0.05) is 0 Å². The second kappa shape index (κ2) is 7.51. The van der Waals surface area contributed by atoms with Crippen LogP contribution < -0.4 is 10.1 Å². The fourth-order valence-electron chi connectivity index (χ4n) is 2.62. The molecule has 2 aromatic rings. The molecular formula is C17H18BrF2N3O2. The van der Waals surface area contributed by atoms with E-state index in [4.69, 9.17) is 4.74 Å². The Kier molecular flexibility index (Phi) is 5.36. The van der Waals surface area contributed by atoms with E-state index in [2.05, 4.69) is 26.3 Å². The molecular weight excluding hydrogens is 396 g/mol. The molecule has 0 spiro atoms. The molecule has 1 aromatic heterocycles. The molecule has 0 bridgehead atoms.